The van der Waals surface area contributed by atoms with E-state index in [1.807, 2.05) is 18.2 Å². The standard InChI is InChI=1S/C21H30FIN4O4.ClH/c1-2-27(8-10-30-12-14-31-13-11-29-9-5-22)7-6-24-21(28)20-16-25-19-15-17(23)3-4-18(19)26-20;/h3-4,15-16H,2,5-14H2,1H3,(H,24,28);1H/i23-2;. The number of hydrogen-bond donors (Lipinski definition) is 1. The molecule has 11 heteroatoms. The number of nitrogens with zero attached hydrogens (tertiary/aromatic N) is 3. The molecular weight excluding hydrogens is 552 g/mol. The SMILES string of the molecule is CCN(CCNC(=O)c1cnc2cc([125I])ccc2n1)CCOCCOCCOCCF.Cl. The number of rotatable bonds is 16. The molecule has 0 spiro atoms. The number of carbonyl (C=O) groups excluding carboxylic acids is 1. The number of nitrogens with one attached hydrogen (secondary N) is 1. The van der Waals surface area contributed by atoms with Crippen molar-refractivity contribution in [3.05, 3.63) is 33.7 Å². The average molecular weight is 583 g/mol. The van der Waals surface area contributed by atoms with Crippen molar-refractivity contribution in [2.45, 2.75) is 6.92 Å². The maximum Gasteiger partial charge on any atom is 0.271 e. The highest BCUT2D eigenvalue weighted by atomic mass is 125. The zero-order valence-electron chi connectivity index (χ0n) is 18.2. The minimum atomic E-state index is -0.474. The summed E-state index contributed by atoms with van der Waals surface area (Å²) < 4.78 is 28.8. The quantitative estimate of drug-likeness (QED) is 0.241. The summed E-state index contributed by atoms with van der Waals surface area (Å²) in [5.74, 6) is -0.229. The van der Waals surface area contributed by atoms with Gasteiger partial charge in [-0.15, -0.1) is 12.4 Å². The normalized spacial score (nSPS) is 11.0. The van der Waals surface area contributed by atoms with E-state index in [2.05, 4.69) is 49.7 Å². The van der Waals surface area contributed by atoms with Gasteiger partial charge in [0.05, 0.1) is 56.9 Å². The summed E-state index contributed by atoms with van der Waals surface area (Å²) in [6, 6.07) is 5.74. The van der Waals surface area contributed by atoms with Gasteiger partial charge in [-0.1, -0.05) is 6.92 Å². The molecule has 0 unspecified atom stereocenters. The minimum Gasteiger partial charge on any atom is -0.378 e. The Morgan fingerprint density at radius 1 is 1.06 bits per heavy atom. The largest absolute Gasteiger partial charge is 0.378 e. The molecule has 0 aliphatic rings. The monoisotopic (exact) mass is 582 g/mol. The lowest BCUT2D eigenvalue weighted by molar-refractivity contribution is 0.00889. The third-order valence-electron chi connectivity index (χ3n) is 4.42. The zero-order chi connectivity index (χ0) is 22.3. The van der Waals surface area contributed by atoms with Gasteiger partial charge < -0.3 is 19.5 Å². The van der Waals surface area contributed by atoms with Gasteiger partial charge in [-0.2, -0.15) is 0 Å². The number of fused-ring (bicyclic) bond motifs is 1. The van der Waals surface area contributed by atoms with E-state index in [0.717, 1.165) is 22.2 Å². The Bertz CT molecular complexity index is 805. The summed E-state index contributed by atoms with van der Waals surface area (Å²) in [6.45, 7) is 6.94. The minimum absolute atomic E-state index is 0. The van der Waals surface area contributed by atoms with Gasteiger partial charge in [-0.25, -0.2) is 9.37 Å². The fraction of sp³-hybridized carbons (Fsp3) is 0.571. The summed E-state index contributed by atoms with van der Waals surface area (Å²) in [5, 5.41) is 2.90. The summed E-state index contributed by atoms with van der Waals surface area (Å²) >= 11 is 2.22. The molecule has 1 aromatic carbocycles. The fourth-order valence-corrected chi connectivity index (χ4v) is 3.20. The number of amides is 1. The highest BCUT2D eigenvalue weighted by Gasteiger charge is 2.10. The van der Waals surface area contributed by atoms with Crippen LogP contribution in [0.3, 0.4) is 0 Å². The van der Waals surface area contributed by atoms with Gasteiger partial charge in [0.15, 0.2) is 0 Å². The van der Waals surface area contributed by atoms with Crippen molar-refractivity contribution in [3.8, 4) is 0 Å². The Morgan fingerprint density at radius 2 is 1.75 bits per heavy atom. The molecule has 32 heavy (non-hydrogen) atoms. The molecule has 1 aromatic heterocycles. The van der Waals surface area contributed by atoms with E-state index in [9.17, 15) is 9.18 Å². The van der Waals surface area contributed by atoms with Crippen LogP contribution in [0.15, 0.2) is 24.4 Å². The van der Waals surface area contributed by atoms with Crippen molar-refractivity contribution in [1.82, 2.24) is 20.2 Å². The van der Waals surface area contributed by atoms with Crippen molar-refractivity contribution in [3.63, 3.8) is 0 Å². The van der Waals surface area contributed by atoms with Gasteiger partial charge in [0.1, 0.15) is 12.4 Å². The predicted molar refractivity (Wildman–Crippen MR) is 132 cm³/mol. The van der Waals surface area contributed by atoms with Crippen molar-refractivity contribution in [2.75, 3.05) is 72.5 Å². The molecular formula is C21H31ClFIN4O4. The zero-order valence-corrected chi connectivity index (χ0v) is 21.2. The van der Waals surface area contributed by atoms with E-state index >= 15 is 0 Å². The van der Waals surface area contributed by atoms with Crippen molar-refractivity contribution in [1.29, 1.82) is 0 Å². The first-order valence-electron chi connectivity index (χ1n) is 10.4. The van der Waals surface area contributed by atoms with Gasteiger partial charge in [0.2, 0.25) is 0 Å². The second kappa shape index (κ2) is 17.3. The molecule has 2 aromatic rings. The first kappa shape index (κ1) is 28.9. The second-order valence-corrected chi connectivity index (χ2v) is 7.85. The molecule has 0 radical (unpaired) electrons. The molecule has 0 aliphatic heterocycles. The van der Waals surface area contributed by atoms with E-state index in [1.165, 1.54) is 6.20 Å². The van der Waals surface area contributed by atoms with Crippen molar-refractivity contribution >= 4 is 51.9 Å². The number of aromatic nitrogens is 2. The number of carbonyl (C=O) groups is 1. The van der Waals surface area contributed by atoms with Gasteiger partial charge in [0, 0.05) is 23.2 Å². The number of ether oxygens (including phenoxy) is 3. The third kappa shape index (κ3) is 11.1. The fourth-order valence-electron chi connectivity index (χ4n) is 2.73. The lowest BCUT2D eigenvalue weighted by atomic mass is 10.3. The number of alkyl halides is 1. The molecule has 0 fully saturated rings. The Labute approximate surface area is 208 Å². The van der Waals surface area contributed by atoms with Gasteiger partial charge in [0.25, 0.3) is 5.91 Å². The van der Waals surface area contributed by atoms with Crippen LogP contribution in [0.5, 0.6) is 0 Å². The van der Waals surface area contributed by atoms with Gasteiger partial charge in [-0.3, -0.25) is 14.7 Å². The van der Waals surface area contributed by atoms with Crippen LogP contribution >= 0.6 is 35.0 Å². The summed E-state index contributed by atoms with van der Waals surface area (Å²) in [4.78, 5) is 23.3. The Morgan fingerprint density at radius 3 is 2.44 bits per heavy atom. The van der Waals surface area contributed by atoms with E-state index in [4.69, 9.17) is 14.2 Å². The second-order valence-electron chi connectivity index (χ2n) is 6.60. The number of likely N-dealkylation sites (N-methyl/N-ethyl adjacent to an activating group) is 1. The Balaban J connectivity index is 0.00000512. The average Bonchev–Trinajstić information content (AvgIpc) is 2.78. The van der Waals surface area contributed by atoms with Crippen LogP contribution in [0.4, 0.5) is 4.39 Å². The Kier molecular flexibility index (Phi) is 15.6. The van der Waals surface area contributed by atoms with E-state index in [1.54, 1.807) is 0 Å². The smallest absolute Gasteiger partial charge is 0.271 e. The van der Waals surface area contributed by atoms with Crippen LogP contribution in [0.2, 0.25) is 0 Å². The molecule has 0 saturated heterocycles. The lowest BCUT2D eigenvalue weighted by Crippen LogP contribution is -2.37. The summed E-state index contributed by atoms with van der Waals surface area (Å²) in [6.07, 6.45) is 1.51. The molecule has 0 atom stereocenters. The lowest BCUT2D eigenvalue weighted by Gasteiger charge is -2.20. The van der Waals surface area contributed by atoms with Crippen LogP contribution < -0.4 is 5.32 Å². The van der Waals surface area contributed by atoms with Crippen molar-refractivity contribution in [2.24, 2.45) is 0 Å². The van der Waals surface area contributed by atoms with Crippen molar-refractivity contribution < 1.29 is 23.4 Å². The van der Waals surface area contributed by atoms with Crippen LogP contribution in [-0.4, -0.2) is 93.3 Å². The highest BCUT2D eigenvalue weighted by molar-refractivity contribution is 14.1. The molecule has 1 amide bonds. The van der Waals surface area contributed by atoms with Gasteiger partial charge in [-0.05, 0) is 47.3 Å². The summed E-state index contributed by atoms with van der Waals surface area (Å²) in [5.41, 5.74) is 1.79. The van der Waals surface area contributed by atoms with Gasteiger partial charge >= 0.3 is 0 Å². The molecule has 0 saturated carbocycles. The molecule has 0 aliphatic carbocycles. The van der Waals surface area contributed by atoms with E-state index in [-0.39, 0.29) is 24.9 Å². The number of benzene rings is 1. The predicted octanol–water partition coefficient (Wildman–Crippen LogP) is 2.73. The van der Waals surface area contributed by atoms with E-state index in [0.29, 0.717) is 57.3 Å². The maximum absolute atomic E-state index is 12.4. The maximum atomic E-state index is 12.4. The van der Waals surface area contributed by atoms with E-state index < -0.39 is 6.67 Å². The molecule has 2 rings (SSSR count). The molecule has 0 bridgehead atoms. The van der Waals surface area contributed by atoms with Crippen LogP contribution in [0.25, 0.3) is 11.0 Å². The van der Waals surface area contributed by atoms with Crippen LogP contribution in [0, 0.1) is 3.57 Å². The highest BCUT2D eigenvalue weighted by Crippen LogP contribution is 2.13. The molecule has 1 heterocycles. The van der Waals surface area contributed by atoms with Crippen LogP contribution in [0.1, 0.15) is 17.4 Å². The molecule has 1 N–H and O–H groups in total. The third-order valence-corrected chi connectivity index (χ3v) is 5.09. The number of halogens is 3. The molecule has 180 valence electrons. The Hall–Kier alpha value is -1.18. The first-order chi connectivity index (χ1) is 15.1. The molecule has 8 nitrogen and oxygen atoms in total. The number of hydrogen-bond acceptors (Lipinski definition) is 7. The topological polar surface area (TPSA) is 85.8 Å². The summed E-state index contributed by atoms with van der Waals surface area (Å²) in [7, 11) is 0. The van der Waals surface area contributed by atoms with Crippen LogP contribution in [-0.2, 0) is 14.2 Å². The first-order valence-corrected chi connectivity index (χ1v) is 11.4.